The molecule has 110 heavy (non-hydrogen) atoms. The van der Waals surface area contributed by atoms with Crippen molar-refractivity contribution in [3.63, 3.8) is 0 Å². The van der Waals surface area contributed by atoms with E-state index in [1.165, 1.54) is 0 Å². The summed E-state index contributed by atoms with van der Waals surface area (Å²) in [7, 11) is 0. The van der Waals surface area contributed by atoms with Crippen molar-refractivity contribution in [3.8, 4) is 170 Å². The lowest BCUT2D eigenvalue weighted by atomic mass is 9.65. The Morgan fingerprint density at radius 3 is 0.891 bits per heavy atom. The molecule has 2 spiro atoms. The van der Waals surface area contributed by atoms with Gasteiger partial charge in [-0.05, 0) is 162 Å². The van der Waals surface area contributed by atoms with Gasteiger partial charge in [0.05, 0.1) is 34.1 Å². The van der Waals surface area contributed by atoms with Crippen LogP contribution in [0.5, 0.6) is 23.0 Å². The molecule has 2 aliphatic heterocycles. The van der Waals surface area contributed by atoms with Crippen LogP contribution < -0.4 is 9.47 Å². The van der Waals surface area contributed by atoms with E-state index in [2.05, 4.69) is 237 Å². The van der Waals surface area contributed by atoms with Crippen molar-refractivity contribution in [1.82, 2.24) is 29.9 Å². The van der Waals surface area contributed by atoms with Crippen molar-refractivity contribution < 1.29 is 9.47 Å². The third kappa shape index (κ3) is 10.0. The van der Waals surface area contributed by atoms with E-state index >= 15 is 0 Å². The number of ether oxygens (including phenoxy) is 2. The first-order valence-electron chi connectivity index (χ1n) is 36.6. The Balaban J connectivity index is 0.603. The summed E-state index contributed by atoms with van der Waals surface area (Å²) in [5, 5.41) is 20.6. The highest BCUT2D eigenvalue weighted by Gasteiger charge is 2.53. The highest BCUT2D eigenvalue weighted by atomic mass is 16.5. The zero-order chi connectivity index (χ0) is 73.0. The molecule has 0 bridgehead atoms. The number of para-hydroxylation sites is 4. The Morgan fingerprint density at radius 1 is 0.191 bits per heavy atom. The number of benzene rings is 15. The molecule has 10 nitrogen and oxygen atoms in total. The summed E-state index contributed by atoms with van der Waals surface area (Å²) in [6, 6.07) is 126. The first-order chi connectivity index (χ1) is 54.4. The van der Waals surface area contributed by atoms with Gasteiger partial charge < -0.3 is 9.47 Å². The fourth-order valence-electron chi connectivity index (χ4n) is 17.2. The fraction of sp³-hybridized carbons (Fsp3) is 0.0200. The van der Waals surface area contributed by atoms with Crippen LogP contribution in [0.25, 0.3) is 135 Å². The van der Waals surface area contributed by atoms with Gasteiger partial charge in [0.15, 0.2) is 34.9 Å². The molecule has 2 aliphatic carbocycles. The predicted octanol–water partition coefficient (Wildman–Crippen LogP) is 23.4. The van der Waals surface area contributed by atoms with Gasteiger partial charge in [-0.25, -0.2) is 29.9 Å². The molecule has 0 saturated heterocycles. The maximum atomic E-state index is 10.4. The van der Waals surface area contributed by atoms with E-state index in [0.717, 1.165) is 168 Å². The number of nitriles is 2. The molecule has 510 valence electrons. The van der Waals surface area contributed by atoms with Crippen LogP contribution in [0.1, 0.15) is 55.6 Å². The first kappa shape index (κ1) is 63.4. The smallest absolute Gasteiger partial charge is 0.164 e. The summed E-state index contributed by atoms with van der Waals surface area (Å²) in [6.45, 7) is 0. The van der Waals surface area contributed by atoms with Gasteiger partial charge in [-0.3, -0.25) is 0 Å². The number of rotatable bonds is 10. The zero-order valence-corrected chi connectivity index (χ0v) is 58.9. The minimum Gasteiger partial charge on any atom is -0.457 e. The van der Waals surface area contributed by atoms with E-state index in [0.29, 0.717) is 46.1 Å². The van der Waals surface area contributed by atoms with Crippen LogP contribution in [0.4, 0.5) is 0 Å². The molecule has 10 heteroatoms. The van der Waals surface area contributed by atoms with Gasteiger partial charge in [-0.1, -0.05) is 279 Å². The maximum Gasteiger partial charge on any atom is 0.164 e. The molecule has 17 aromatic rings. The fourth-order valence-corrected chi connectivity index (χ4v) is 17.2. The van der Waals surface area contributed by atoms with Crippen LogP contribution in [0.15, 0.2) is 352 Å². The summed E-state index contributed by atoms with van der Waals surface area (Å²) in [5.74, 6) is 6.45. The Labute approximate surface area is 634 Å². The first-order valence-corrected chi connectivity index (χ1v) is 36.6. The van der Waals surface area contributed by atoms with Crippen LogP contribution in [0.3, 0.4) is 0 Å². The molecule has 2 aromatic heterocycles. The molecule has 15 aromatic carbocycles. The van der Waals surface area contributed by atoms with Gasteiger partial charge in [0, 0.05) is 55.6 Å². The molecule has 0 radical (unpaired) electrons. The number of hydrogen-bond acceptors (Lipinski definition) is 10. The molecule has 4 aliphatic rings. The second kappa shape index (κ2) is 25.3. The number of hydrogen-bond donors (Lipinski definition) is 0. The lowest BCUT2D eigenvalue weighted by molar-refractivity contribution is 0.436. The van der Waals surface area contributed by atoms with Crippen LogP contribution in [0.2, 0.25) is 0 Å². The van der Waals surface area contributed by atoms with Gasteiger partial charge in [0.25, 0.3) is 0 Å². The topological polar surface area (TPSA) is 143 Å². The molecule has 0 atom stereocenters. The standard InChI is InChI=1S/C100H58N8O2/c101-59-61-37-49-76-78-51-47-71(57-87(78)99(85(76)53-61)81-29-9-13-33-89(81)109-90-34-14-10-30-82(90)99)65-41-39-63(40-42-65)69-23-17-25-73(55-69)96-104-93(66-19-3-1-4-20-66)105-97(106-96)74-26-18-24-70(56-74)64-43-45-68(46-44-64)95-103-94(67-21-5-2-6-22-67)107-98(108-95)80-28-8-7-27-75(80)72-48-52-79-77-50-38-62(60-102)54-86(77)100(88(79)58-72)83-31-11-15-35-91(83)110-92-36-16-12-32-84(92)100/h1-58H. The Bertz CT molecular complexity index is 6670. The largest absolute Gasteiger partial charge is 0.457 e. The summed E-state index contributed by atoms with van der Waals surface area (Å²) in [4.78, 5) is 31.5. The molecule has 0 fully saturated rings. The summed E-state index contributed by atoms with van der Waals surface area (Å²) in [6.07, 6.45) is 0. The van der Waals surface area contributed by atoms with E-state index in [-0.39, 0.29) is 0 Å². The Kier molecular flexibility index (Phi) is 14.6. The molecular weight excluding hydrogens is 1350 g/mol. The summed E-state index contributed by atoms with van der Waals surface area (Å²) >= 11 is 0. The molecular formula is C100H58N8O2. The average Bonchev–Trinajstić information content (AvgIpc) is 1.51. The zero-order valence-electron chi connectivity index (χ0n) is 58.9. The van der Waals surface area contributed by atoms with Crippen LogP contribution in [-0.4, -0.2) is 29.9 Å². The van der Waals surface area contributed by atoms with Crippen LogP contribution >= 0.6 is 0 Å². The molecule has 0 unspecified atom stereocenters. The predicted molar refractivity (Wildman–Crippen MR) is 432 cm³/mol. The van der Waals surface area contributed by atoms with E-state index < -0.39 is 10.8 Å². The molecule has 0 saturated carbocycles. The van der Waals surface area contributed by atoms with Gasteiger partial charge in [0.2, 0.25) is 0 Å². The Hall–Kier alpha value is -15.1. The highest BCUT2D eigenvalue weighted by molar-refractivity contribution is 5.94. The lowest BCUT2D eigenvalue weighted by Gasteiger charge is -2.39. The third-order valence-electron chi connectivity index (χ3n) is 22.2. The average molecular weight is 1400 g/mol. The summed E-state index contributed by atoms with van der Waals surface area (Å²) < 4.78 is 13.3. The van der Waals surface area contributed by atoms with Crippen molar-refractivity contribution >= 4 is 0 Å². The third-order valence-corrected chi connectivity index (χ3v) is 22.2. The lowest BCUT2D eigenvalue weighted by Crippen LogP contribution is -2.32. The SMILES string of the molecule is N#Cc1ccc2c(c1)C1(c3ccccc3Oc3ccccc31)c1cc(-c3ccc(-c4cccc(-c5nc(-c6ccccc6)nc(-c6cccc(-c7ccc(-c8nc(-c9ccccc9)nc(-c9ccccc9-c9ccc%10c(c9)C9(c%11ccccc%11Oc%11ccccc%119)c9cc(C#N)ccc9-%10)n8)cc7)c6)n5)c4)cc3)ccc1-2. The maximum absolute atomic E-state index is 10.4. The number of nitrogens with zero attached hydrogens (tertiary/aromatic N) is 8. The second-order valence-electron chi connectivity index (χ2n) is 28.2. The van der Waals surface area contributed by atoms with Gasteiger partial charge in [-0.15, -0.1) is 0 Å². The van der Waals surface area contributed by atoms with Crippen molar-refractivity contribution in [3.05, 3.63) is 407 Å². The molecule has 4 heterocycles. The minimum absolute atomic E-state index is 0.533. The van der Waals surface area contributed by atoms with Gasteiger partial charge in [-0.2, -0.15) is 10.5 Å². The normalized spacial score (nSPS) is 13.0. The molecule has 0 N–H and O–H groups in total. The van der Waals surface area contributed by atoms with Crippen molar-refractivity contribution in [1.29, 1.82) is 10.5 Å². The van der Waals surface area contributed by atoms with Crippen molar-refractivity contribution in [2.24, 2.45) is 0 Å². The quantitative estimate of drug-likeness (QED) is 0.130. The summed E-state index contributed by atoms with van der Waals surface area (Å²) in [5.41, 5.74) is 25.9. The number of fused-ring (bicyclic) bond motifs is 18. The van der Waals surface area contributed by atoms with E-state index in [1.54, 1.807) is 0 Å². The number of aromatic nitrogens is 6. The molecule has 0 amide bonds. The highest BCUT2D eigenvalue weighted by Crippen LogP contribution is 2.65. The molecule has 21 rings (SSSR count). The second-order valence-corrected chi connectivity index (χ2v) is 28.2. The van der Waals surface area contributed by atoms with Crippen LogP contribution in [-0.2, 0) is 10.8 Å². The van der Waals surface area contributed by atoms with Crippen molar-refractivity contribution in [2.75, 3.05) is 0 Å². The van der Waals surface area contributed by atoms with Gasteiger partial charge in [0.1, 0.15) is 23.0 Å². The van der Waals surface area contributed by atoms with E-state index in [4.69, 9.17) is 39.4 Å². The van der Waals surface area contributed by atoms with Gasteiger partial charge >= 0.3 is 0 Å². The monoisotopic (exact) mass is 1400 g/mol. The minimum atomic E-state index is -0.785. The van der Waals surface area contributed by atoms with E-state index in [9.17, 15) is 10.5 Å². The van der Waals surface area contributed by atoms with E-state index in [1.807, 2.05) is 127 Å². The van der Waals surface area contributed by atoms with Crippen LogP contribution in [0, 0.1) is 22.7 Å². The Morgan fingerprint density at radius 2 is 0.473 bits per heavy atom. The van der Waals surface area contributed by atoms with Crippen molar-refractivity contribution in [2.45, 2.75) is 10.8 Å².